The lowest BCUT2D eigenvalue weighted by molar-refractivity contribution is -0.147. The summed E-state index contributed by atoms with van der Waals surface area (Å²) in [4.78, 5) is 28.3. The number of rotatable bonds is 6. The maximum Gasteiger partial charge on any atom is 0.329 e. The minimum Gasteiger partial charge on any atom is -0.480 e. The summed E-state index contributed by atoms with van der Waals surface area (Å²) in [7, 11) is 5.54. The smallest absolute Gasteiger partial charge is 0.329 e. The predicted molar refractivity (Wildman–Crippen MR) is 70.7 cm³/mol. The highest BCUT2D eigenvalue weighted by Crippen LogP contribution is 2.16. The zero-order valence-corrected chi connectivity index (χ0v) is 12.2. The second-order valence-corrected chi connectivity index (χ2v) is 5.12. The van der Waals surface area contributed by atoms with Crippen molar-refractivity contribution in [2.75, 3.05) is 40.8 Å². The summed E-state index contributed by atoms with van der Waals surface area (Å²) < 4.78 is 0. The Hall–Kier alpha value is -1.30. The standard InChI is InChI=1S/C12H25N3O3/c1-7-15(12(2,3)10(16)17)11(18)14(6)9-8-13(4)5/h7-9H2,1-6H3,(H,16,17). The molecule has 0 saturated carbocycles. The SMILES string of the molecule is CCN(C(=O)N(C)CCN(C)C)C(C)(C)C(=O)O. The van der Waals surface area contributed by atoms with Crippen molar-refractivity contribution in [2.24, 2.45) is 0 Å². The predicted octanol–water partition coefficient (Wildman–Crippen LogP) is 0.785. The molecule has 18 heavy (non-hydrogen) atoms. The molecule has 0 aromatic carbocycles. The lowest BCUT2D eigenvalue weighted by atomic mass is 10.0. The van der Waals surface area contributed by atoms with Crippen molar-refractivity contribution in [1.82, 2.24) is 14.7 Å². The Morgan fingerprint density at radius 1 is 1.11 bits per heavy atom. The molecule has 0 bridgehead atoms. The van der Waals surface area contributed by atoms with Crippen LogP contribution in [0.2, 0.25) is 0 Å². The van der Waals surface area contributed by atoms with Crippen LogP contribution in [-0.2, 0) is 4.79 Å². The van der Waals surface area contributed by atoms with E-state index in [0.29, 0.717) is 13.1 Å². The average Bonchev–Trinajstić information content (AvgIpc) is 2.25. The first kappa shape index (κ1) is 16.7. The molecule has 0 aromatic heterocycles. The summed E-state index contributed by atoms with van der Waals surface area (Å²) in [6.07, 6.45) is 0. The van der Waals surface area contributed by atoms with Gasteiger partial charge in [-0.2, -0.15) is 0 Å². The van der Waals surface area contributed by atoms with Crippen LogP contribution in [0, 0.1) is 0 Å². The number of carbonyl (C=O) groups is 2. The van der Waals surface area contributed by atoms with Gasteiger partial charge < -0.3 is 19.8 Å². The summed E-state index contributed by atoms with van der Waals surface area (Å²) >= 11 is 0. The Morgan fingerprint density at radius 3 is 1.94 bits per heavy atom. The van der Waals surface area contributed by atoms with Gasteiger partial charge in [0.15, 0.2) is 0 Å². The van der Waals surface area contributed by atoms with Crippen LogP contribution in [0.25, 0.3) is 0 Å². The summed E-state index contributed by atoms with van der Waals surface area (Å²) in [6, 6.07) is -0.258. The van der Waals surface area contributed by atoms with E-state index in [1.807, 2.05) is 19.0 Å². The Balaban J connectivity index is 4.76. The van der Waals surface area contributed by atoms with Crippen molar-refractivity contribution in [2.45, 2.75) is 26.3 Å². The molecule has 0 unspecified atom stereocenters. The number of hydrogen-bond donors (Lipinski definition) is 1. The molecular formula is C12H25N3O3. The maximum atomic E-state index is 12.2. The molecule has 0 aliphatic heterocycles. The van der Waals surface area contributed by atoms with Gasteiger partial charge in [-0.15, -0.1) is 0 Å². The first-order chi connectivity index (χ1) is 8.14. The molecule has 0 spiro atoms. The number of urea groups is 1. The van der Waals surface area contributed by atoms with Crippen molar-refractivity contribution in [3.63, 3.8) is 0 Å². The van der Waals surface area contributed by atoms with Crippen LogP contribution in [0.3, 0.4) is 0 Å². The number of aliphatic carboxylic acids is 1. The largest absolute Gasteiger partial charge is 0.480 e. The zero-order chi connectivity index (χ0) is 14.5. The number of nitrogens with zero attached hydrogens (tertiary/aromatic N) is 3. The zero-order valence-electron chi connectivity index (χ0n) is 12.2. The quantitative estimate of drug-likeness (QED) is 0.766. The lowest BCUT2D eigenvalue weighted by Crippen LogP contribution is -2.56. The fourth-order valence-electron chi connectivity index (χ4n) is 1.54. The first-order valence-corrected chi connectivity index (χ1v) is 6.05. The van der Waals surface area contributed by atoms with Gasteiger partial charge in [-0.25, -0.2) is 9.59 Å². The fraction of sp³-hybridized carbons (Fsp3) is 0.833. The topological polar surface area (TPSA) is 64.1 Å². The summed E-state index contributed by atoms with van der Waals surface area (Å²) in [5.41, 5.74) is -1.20. The van der Waals surface area contributed by atoms with Crippen molar-refractivity contribution in [1.29, 1.82) is 0 Å². The molecule has 0 aliphatic rings. The number of carboxylic acid groups (broad SMARTS) is 1. The van der Waals surface area contributed by atoms with E-state index < -0.39 is 11.5 Å². The number of carbonyl (C=O) groups excluding carboxylic acids is 1. The molecule has 0 saturated heterocycles. The summed E-state index contributed by atoms with van der Waals surface area (Å²) in [6.45, 7) is 6.53. The lowest BCUT2D eigenvalue weighted by Gasteiger charge is -2.37. The van der Waals surface area contributed by atoms with Crippen molar-refractivity contribution >= 4 is 12.0 Å². The highest BCUT2D eigenvalue weighted by atomic mass is 16.4. The van der Waals surface area contributed by atoms with Gasteiger partial charge in [-0.1, -0.05) is 0 Å². The monoisotopic (exact) mass is 259 g/mol. The number of hydrogen-bond acceptors (Lipinski definition) is 3. The van der Waals surface area contributed by atoms with Gasteiger partial charge >= 0.3 is 12.0 Å². The van der Waals surface area contributed by atoms with Crippen LogP contribution in [0.5, 0.6) is 0 Å². The molecule has 6 nitrogen and oxygen atoms in total. The van der Waals surface area contributed by atoms with Gasteiger partial charge in [0.2, 0.25) is 0 Å². The third-order valence-electron chi connectivity index (χ3n) is 2.95. The van der Waals surface area contributed by atoms with Gasteiger partial charge in [0, 0.05) is 26.7 Å². The third kappa shape index (κ3) is 4.18. The van der Waals surface area contributed by atoms with E-state index >= 15 is 0 Å². The minimum atomic E-state index is -1.20. The van der Waals surface area contributed by atoms with Crippen LogP contribution < -0.4 is 0 Å². The molecule has 0 aliphatic carbocycles. The van der Waals surface area contributed by atoms with E-state index in [9.17, 15) is 14.7 Å². The number of likely N-dealkylation sites (N-methyl/N-ethyl adjacent to an activating group) is 3. The number of carboxylic acids is 1. The molecule has 6 heteroatoms. The molecule has 0 atom stereocenters. The van der Waals surface area contributed by atoms with Gasteiger partial charge in [-0.3, -0.25) is 0 Å². The Kier molecular flexibility index (Phi) is 6.11. The third-order valence-corrected chi connectivity index (χ3v) is 2.95. The van der Waals surface area contributed by atoms with Crippen LogP contribution in [0.4, 0.5) is 4.79 Å². The van der Waals surface area contributed by atoms with E-state index in [0.717, 1.165) is 6.54 Å². The van der Waals surface area contributed by atoms with E-state index in [1.54, 1.807) is 18.9 Å². The molecule has 0 radical (unpaired) electrons. The first-order valence-electron chi connectivity index (χ1n) is 6.05. The van der Waals surface area contributed by atoms with Crippen molar-refractivity contribution in [3.8, 4) is 0 Å². The van der Waals surface area contributed by atoms with Crippen LogP contribution in [-0.4, -0.2) is 78.1 Å². The second-order valence-electron chi connectivity index (χ2n) is 5.12. The maximum absolute atomic E-state index is 12.2. The Labute approximate surface area is 109 Å². The number of amides is 2. The molecular weight excluding hydrogens is 234 g/mol. The molecule has 0 fully saturated rings. The molecule has 0 aromatic rings. The molecule has 0 heterocycles. The Bertz CT molecular complexity index is 303. The van der Waals surface area contributed by atoms with Crippen LogP contribution in [0.1, 0.15) is 20.8 Å². The average molecular weight is 259 g/mol. The van der Waals surface area contributed by atoms with E-state index in [2.05, 4.69) is 0 Å². The summed E-state index contributed by atoms with van der Waals surface area (Å²) in [5, 5.41) is 9.17. The fourth-order valence-corrected chi connectivity index (χ4v) is 1.54. The molecule has 2 amide bonds. The van der Waals surface area contributed by atoms with Gasteiger partial charge in [-0.05, 0) is 34.9 Å². The van der Waals surface area contributed by atoms with Crippen LogP contribution >= 0.6 is 0 Å². The van der Waals surface area contributed by atoms with Crippen LogP contribution in [0.15, 0.2) is 0 Å². The Morgan fingerprint density at radius 2 is 1.61 bits per heavy atom. The normalized spacial score (nSPS) is 11.5. The van der Waals surface area contributed by atoms with Gasteiger partial charge in [0.1, 0.15) is 5.54 Å². The van der Waals surface area contributed by atoms with Crippen molar-refractivity contribution in [3.05, 3.63) is 0 Å². The molecule has 106 valence electrons. The van der Waals surface area contributed by atoms with E-state index in [1.165, 1.54) is 18.7 Å². The summed E-state index contributed by atoms with van der Waals surface area (Å²) in [5.74, 6) is -1.00. The molecule has 0 rings (SSSR count). The molecule has 1 N–H and O–H groups in total. The highest BCUT2D eigenvalue weighted by molar-refractivity contribution is 5.85. The minimum absolute atomic E-state index is 0.258. The van der Waals surface area contributed by atoms with Gasteiger partial charge in [0.05, 0.1) is 0 Å². The van der Waals surface area contributed by atoms with Crippen molar-refractivity contribution < 1.29 is 14.7 Å². The highest BCUT2D eigenvalue weighted by Gasteiger charge is 2.37. The van der Waals surface area contributed by atoms with Gasteiger partial charge in [0.25, 0.3) is 0 Å². The van der Waals surface area contributed by atoms with E-state index in [4.69, 9.17) is 0 Å². The van der Waals surface area contributed by atoms with E-state index in [-0.39, 0.29) is 6.03 Å². The second kappa shape index (κ2) is 6.58.